The van der Waals surface area contributed by atoms with Gasteiger partial charge in [0.2, 0.25) is 0 Å². The minimum Gasteiger partial charge on any atom is -0.385 e. The van der Waals surface area contributed by atoms with E-state index in [2.05, 4.69) is 12.3 Å². The Labute approximate surface area is 77.0 Å². The molecule has 1 aliphatic carbocycles. The summed E-state index contributed by atoms with van der Waals surface area (Å²) < 4.78 is 0. The van der Waals surface area contributed by atoms with Crippen LogP contribution in [0.25, 0.3) is 0 Å². The molecule has 1 nitrogen and oxygen atoms in total. The van der Waals surface area contributed by atoms with Crippen molar-refractivity contribution in [3.8, 4) is 0 Å². The molecule has 1 unspecified atom stereocenters. The highest BCUT2D eigenvalue weighted by atomic mass is 32.1. The molecule has 1 aliphatic rings. The molecule has 1 fully saturated rings. The Hall–Kier alpha value is -0.340. The van der Waals surface area contributed by atoms with Crippen molar-refractivity contribution < 1.29 is 5.11 Å². The molecule has 0 amide bonds. The first kappa shape index (κ1) is 8.27. The normalized spacial score (nSPS) is 22.2. The van der Waals surface area contributed by atoms with Crippen LogP contribution >= 0.6 is 11.3 Å². The number of rotatable bonds is 3. The Morgan fingerprint density at radius 2 is 2.42 bits per heavy atom. The number of thiophene rings is 1. The zero-order chi connectivity index (χ0) is 8.60. The molecule has 1 saturated carbocycles. The molecular weight excluding hydrogens is 168 g/mol. The first-order valence-electron chi connectivity index (χ1n) is 4.52. The molecule has 0 aliphatic heterocycles. The van der Waals surface area contributed by atoms with Gasteiger partial charge in [-0.15, -0.1) is 0 Å². The lowest BCUT2D eigenvalue weighted by Crippen LogP contribution is -2.26. The lowest BCUT2D eigenvalue weighted by atomic mass is 9.88. The van der Waals surface area contributed by atoms with Gasteiger partial charge in [0.25, 0.3) is 0 Å². The van der Waals surface area contributed by atoms with Gasteiger partial charge in [-0.1, -0.05) is 6.92 Å². The molecule has 0 radical (unpaired) electrons. The summed E-state index contributed by atoms with van der Waals surface area (Å²) >= 11 is 1.67. The van der Waals surface area contributed by atoms with Gasteiger partial charge < -0.3 is 5.11 Å². The minimum absolute atomic E-state index is 0.514. The van der Waals surface area contributed by atoms with Crippen LogP contribution in [0.5, 0.6) is 0 Å². The first-order chi connectivity index (χ1) is 5.77. The summed E-state index contributed by atoms with van der Waals surface area (Å²) in [5, 5.41) is 14.4. The van der Waals surface area contributed by atoms with Crippen molar-refractivity contribution in [2.24, 2.45) is 5.92 Å². The SMILES string of the molecule is CCC(O)(c1ccsc1)C1CC1. The predicted octanol–water partition coefficient (Wildman–Crippen LogP) is 2.76. The molecule has 1 aromatic rings. The van der Waals surface area contributed by atoms with E-state index in [4.69, 9.17) is 0 Å². The number of hydrogen-bond acceptors (Lipinski definition) is 2. The van der Waals surface area contributed by atoms with Gasteiger partial charge in [0.15, 0.2) is 0 Å². The second-order valence-electron chi connectivity index (χ2n) is 3.56. The van der Waals surface area contributed by atoms with Gasteiger partial charge in [-0.3, -0.25) is 0 Å². The van der Waals surface area contributed by atoms with Crippen molar-refractivity contribution in [3.05, 3.63) is 22.4 Å². The van der Waals surface area contributed by atoms with E-state index in [1.807, 2.05) is 11.4 Å². The standard InChI is InChI=1S/C10H14OS/c1-2-10(11,8-3-4-8)9-5-6-12-7-9/h5-8,11H,2-4H2,1H3. The van der Waals surface area contributed by atoms with Gasteiger partial charge in [0, 0.05) is 0 Å². The molecule has 1 N–H and O–H groups in total. The van der Waals surface area contributed by atoms with Crippen molar-refractivity contribution in [1.82, 2.24) is 0 Å². The summed E-state index contributed by atoms with van der Waals surface area (Å²) in [6.45, 7) is 2.07. The van der Waals surface area contributed by atoms with Crippen LogP contribution in [0.3, 0.4) is 0 Å². The van der Waals surface area contributed by atoms with Crippen molar-refractivity contribution in [2.45, 2.75) is 31.8 Å². The highest BCUT2D eigenvalue weighted by molar-refractivity contribution is 7.08. The molecule has 0 spiro atoms. The molecule has 2 heteroatoms. The van der Waals surface area contributed by atoms with Crippen LogP contribution in [0.4, 0.5) is 0 Å². The minimum atomic E-state index is -0.514. The summed E-state index contributed by atoms with van der Waals surface area (Å²) in [5.74, 6) is 0.525. The number of hydrogen-bond donors (Lipinski definition) is 1. The Kier molecular flexibility index (Phi) is 1.97. The van der Waals surface area contributed by atoms with E-state index in [1.165, 1.54) is 12.8 Å². The second-order valence-corrected chi connectivity index (χ2v) is 4.34. The van der Waals surface area contributed by atoms with Crippen LogP contribution in [-0.4, -0.2) is 5.11 Å². The fourth-order valence-corrected chi connectivity index (χ4v) is 2.53. The summed E-state index contributed by atoms with van der Waals surface area (Å²) in [6.07, 6.45) is 3.23. The van der Waals surface area contributed by atoms with E-state index < -0.39 is 5.60 Å². The molecule has 0 aromatic carbocycles. The molecule has 66 valence electrons. The van der Waals surface area contributed by atoms with Crippen LogP contribution in [0.2, 0.25) is 0 Å². The van der Waals surface area contributed by atoms with Crippen molar-refractivity contribution in [1.29, 1.82) is 0 Å². The van der Waals surface area contributed by atoms with E-state index in [-0.39, 0.29) is 0 Å². The zero-order valence-corrected chi connectivity index (χ0v) is 8.10. The van der Waals surface area contributed by atoms with Gasteiger partial charge in [-0.05, 0) is 47.6 Å². The third kappa shape index (κ3) is 1.19. The largest absolute Gasteiger partial charge is 0.385 e. The fraction of sp³-hybridized carbons (Fsp3) is 0.600. The van der Waals surface area contributed by atoms with Gasteiger partial charge >= 0.3 is 0 Å². The monoisotopic (exact) mass is 182 g/mol. The highest BCUT2D eigenvalue weighted by Crippen LogP contribution is 2.47. The fourth-order valence-electron chi connectivity index (χ4n) is 1.80. The van der Waals surface area contributed by atoms with Crippen LogP contribution in [-0.2, 0) is 5.60 Å². The summed E-state index contributed by atoms with van der Waals surface area (Å²) in [4.78, 5) is 0. The molecule has 2 rings (SSSR count). The molecule has 0 bridgehead atoms. The second kappa shape index (κ2) is 2.86. The highest BCUT2D eigenvalue weighted by Gasteiger charge is 2.43. The molecule has 12 heavy (non-hydrogen) atoms. The molecule has 1 atom stereocenters. The van der Waals surface area contributed by atoms with E-state index in [0.29, 0.717) is 5.92 Å². The Morgan fingerprint density at radius 1 is 1.67 bits per heavy atom. The smallest absolute Gasteiger partial charge is 0.0929 e. The van der Waals surface area contributed by atoms with Crippen LogP contribution in [0.1, 0.15) is 31.7 Å². The quantitative estimate of drug-likeness (QED) is 0.762. The summed E-state index contributed by atoms with van der Waals surface area (Å²) in [7, 11) is 0. The van der Waals surface area contributed by atoms with E-state index >= 15 is 0 Å². The lowest BCUT2D eigenvalue weighted by molar-refractivity contribution is 0.00932. The Bertz CT molecular complexity index is 251. The van der Waals surface area contributed by atoms with Gasteiger partial charge in [-0.25, -0.2) is 0 Å². The molecule has 1 heterocycles. The number of aliphatic hydroxyl groups is 1. The van der Waals surface area contributed by atoms with E-state index in [1.54, 1.807) is 11.3 Å². The van der Waals surface area contributed by atoms with Crippen molar-refractivity contribution in [2.75, 3.05) is 0 Å². The molecular formula is C10H14OS. The Morgan fingerprint density at radius 3 is 2.83 bits per heavy atom. The van der Waals surface area contributed by atoms with Gasteiger partial charge in [-0.2, -0.15) is 11.3 Å². The van der Waals surface area contributed by atoms with Crippen molar-refractivity contribution in [3.63, 3.8) is 0 Å². The molecule has 0 saturated heterocycles. The third-order valence-corrected chi connectivity index (χ3v) is 3.50. The summed E-state index contributed by atoms with van der Waals surface area (Å²) in [5.41, 5.74) is 0.609. The maximum absolute atomic E-state index is 10.3. The van der Waals surface area contributed by atoms with Crippen LogP contribution in [0, 0.1) is 5.92 Å². The van der Waals surface area contributed by atoms with E-state index in [0.717, 1.165) is 12.0 Å². The molecule has 1 aromatic heterocycles. The van der Waals surface area contributed by atoms with Crippen molar-refractivity contribution >= 4 is 11.3 Å². The first-order valence-corrected chi connectivity index (χ1v) is 5.46. The maximum Gasteiger partial charge on any atom is 0.0929 e. The van der Waals surface area contributed by atoms with E-state index in [9.17, 15) is 5.11 Å². The van der Waals surface area contributed by atoms with Crippen LogP contribution < -0.4 is 0 Å². The third-order valence-electron chi connectivity index (χ3n) is 2.81. The zero-order valence-electron chi connectivity index (χ0n) is 7.29. The topological polar surface area (TPSA) is 20.2 Å². The van der Waals surface area contributed by atoms with Crippen LogP contribution in [0.15, 0.2) is 16.8 Å². The average Bonchev–Trinajstić information content (AvgIpc) is 2.80. The lowest BCUT2D eigenvalue weighted by Gasteiger charge is -2.25. The predicted molar refractivity (Wildman–Crippen MR) is 51.2 cm³/mol. The van der Waals surface area contributed by atoms with Gasteiger partial charge in [0.05, 0.1) is 5.60 Å². The Balaban J connectivity index is 2.27. The summed E-state index contributed by atoms with van der Waals surface area (Å²) in [6, 6.07) is 2.05. The average molecular weight is 182 g/mol. The maximum atomic E-state index is 10.3. The van der Waals surface area contributed by atoms with Gasteiger partial charge in [0.1, 0.15) is 0 Å².